The van der Waals surface area contributed by atoms with Gasteiger partial charge in [0.25, 0.3) is 5.91 Å². The van der Waals surface area contributed by atoms with Gasteiger partial charge in [-0.1, -0.05) is 6.07 Å². The van der Waals surface area contributed by atoms with Crippen molar-refractivity contribution in [2.45, 2.75) is 19.6 Å². The second-order valence-electron chi connectivity index (χ2n) is 11.0. The molecule has 1 amide bonds. The molecule has 0 fully saturated rings. The van der Waals surface area contributed by atoms with Crippen LogP contribution in [0.15, 0.2) is 77.2 Å². The fourth-order valence-corrected chi connectivity index (χ4v) is 6.23. The minimum Gasteiger partial charge on any atom is -0.496 e. The Kier molecular flexibility index (Phi) is 7.80. The summed E-state index contributed by atoms with van der Waals surface area (Å²) in [6.45, 7) is 3.26. The molecule has 1 aromatic heterocycles. The first-order chi connectivity index (χ1) is 22.4. The van der Waals surface area contributed by atoms with Gasteiger partial charge in [0.15, 0.2) is 0 Å². The van der Waals surface area contributed by atoms with Crippen LogP contribution in [0, 0.1) is 5.82 Å². The number of rotatable bonds is 9. The molecule has 4 aromatic carbocycles. The summed E-state index contributed by atoms with van der Waals surface area (Å²) in [5.74, 6) is -1.14. The fourth-order valence-electron chi connectivity index (χ4n) is 5.58. The molecule has 1 atom stereocenters. The molecule has 0 saturated heterocycles. The molecule has 5 aromatic rings. The predicted octanol–water partition coefficient (Wildman–Crippen LogP) is 6.41. The molecule has 0 radical (unpaired) electrons. The van der Waals surface area contributed by atoms with Crippen LogP contribution in [0.5, 0.6) is 11.5 Å². The number of hydrogen-bond donors (Lipinski definition) is 4. The lowest BCUT2D eigenvalue weighted by Gasteiger charge is -2.27. The zero-order chi connectivity index (χ0) is 33.7. The van der Waals surface area contributed by atoms with Crippen molar-refractivity contribution in [3.8, 4) is 33.9 Å². The Morgan fingerprint density at radius 2 is 1.74 bits per heavy atom. The van der Waals surface area contributed by atoms with Crippen molar-refractivity contribution in [3.05, 3.63) is 95.3 Å². The van der Waals surface area contributed by atoms with E-state index < -0.39 is 33.4 Å². The lowest BCUT2D eigenvalue weighted by molar-refractivity contribution is 0.0696. The number of nitrogens with one attached hydrogen (secondary N) is 3. The van der Waals surface area contributed by atoms with Crippen molar-refractivity contribution in [1.82, 2.24) is 5.32 Å². The standard InChI is InChI=1S/C34H30FN3O8S/c1-5-47(42,43)38-25-17-29-23(30(32(39)36-3)31(45-29)18-6-10-21(35)11-7-18)16-22(25)19-8-12-27(44-4)24(14-19)34(2)37-26-15-20(33(40)41)9-13-28(26)46-34/h6-17,37-38H,5H2,1-4H3,(H,36,39)(H,40,41). The highest BCUT2D eigenvalue weighted by Crippen LogP contribution is 2.47. The van der Waals surface area contributed by atoms with Gasteiger partial charge in [-0.3, -0.25) is 9.52 Å². The number of sulfonamides is 1. The molecular weight excluding hydrogens is 629 g/mol. The number of furan rings is 1. The highest BCUT2D eigenvalue weighted by atomic mass is 32.2. The zero-order valence-corrected chi connectivity index (χ0v) is 26.5. The Labute approximate surface area is 269 Å². The largest absolute Gasteiger partial charge is 0.496 e. The number of ether oxygens (including phenoxy) is 2. The minimum absolute atomic E-state index is 0.0815. The van der Waals surface area contributed by atoms with E-state index in [0.29, 0.717) is 44.8 Å². The minimum atomic E-state index is -3.77. The average Bonchev–Trinajstić information content (AvgIpc) is 3.60. The third kappa shape index (κ3) is 5.69. The van der Waals surface area contributed by atoms with Gasteiger partial charge in [0.05, 0.1) is 40.9 Å². The van der Waals surface area contributed by atoms with Gasteiger partial charge in [0.1, 0.15) is 28.7 Å². The van der Waals surface area contributed by atoms with E-state index in [1.54, 1.807) is 37.3 Å². The summed E-state index contributed by atoms with van der Waals surface area (Å²) in [6, 6.07) is 18.3. The maximum absolute atomic E-state index is 13.7. The van der Waals surface area contributed by atoms with Crippen LogP contribution in [-0.2, 0) is 15.7 Å². The summed E-state index contributed by atoms with van der Waals surface area (Å²) < 4.78 is 60.2. The first kappa shape index (κ1) is 31.4. The number of hydrogen-bond acceptors (Lipinski definition) is 8. The Balaban J connectivity index is 1.56. The van der Waals surface area contributed by atoms with Crippen molar-refractivity contribution in [3.63, 3.8) is 0 Å². The summed E-state index contributed by atoms with van der Waals surface area (Å²) in [5.41, 5.74) is 1.88. The Morgan fingerprint density at radius 3 is 2.40 bits per heavy atom. The molecule has 11 nitrogen and oxygen atoms in total. The maximum atomic E-state index is 13.7. The quantitative estimate of drug-likeness (QED) is 0.140. The van der Waals surface area contributed by atoms with E-state index in [9.17, 15) is 27.5 Å². The van der Waals surface area contributed by atoms with E-state index in [1.165, 1.54) is 63.5 Å². The van der Waals surface area contributed by atoms with E-state index >= 15 is 0 Å². The van der Waals surface area contributed by atoms with Crippen LogP contribution in [0.4, 0.5) is 15.8 Å². The van der Waals surface area contributed by atoms with Gasteiger partial charge in [-0.25, -0.2) is 17.6 Å². The number of carboxylic acids is 1. The van der Waals surface area contributed by atoms with Gasteiger partial charge in [-0.2, -0.15) is 0 Å². The van der Waals surface area contributed by atoms with Crippen LogP contribution in [0.3, 0.4) is 0 Å². The molecule has 2 heterocycles. The lowest BCUT2D eigenvalue weighted by atomic mass is 9.94. The molecule has 0 spiro atoms. The van der Waals surface area contributed by atoms with E-state index in [2.05, 4.69) is 15.4 Å². The molecule has 1 aliphatic heterocycles. The third-order valence-electron chi connectivity index (χ3n) is 7.97. The SMILES string of the molecule is CCS(=O)(=O)Nc1cc2oc(-c3ccc(F)cc3)c(C(=O)NC)c2cc1-c1ccc(OC)c(C2(C)Nc3cc(C(=O)O)ccc3O2)c1. The van der Waals surface area contributed by atoms with Crippen molar-refractivity contribution < 1.29 is 41.4 Å². The zero-order valence-electron chi connectivity index (χ0n) is 25.7. The van der Waals surface area contributed by atoms with Gasteiger partial charge in [-0.05, 0) is 80.1 Å². The van der Waals surface area contributed by atoms with Gasteiger partial charge in [0, 0.05) is 29.6 Å². The Morgan fingerprint density at radius 1 is 1.02 bits per heavy atom. The normalized spacial score (nSPS) is 15.4. The van der Waals surface area contributed by atoms with Gasteiger partial charge < -0.3 is 29.6 Å². The van der Waals surface area contributed by atoms with Crippen molar-refractivity contribution >= 4 is 44.2 Å². The summed E-state index contributed by atoms with van der Waals surface area (Å²) in [5, 5.41) is 15.7. The molecule has 6 rings (SSSR count). The molecule has 0 bridgehead atoms. The van der Waals surface area contributed by atoms with Crippen molar-refractivity contribution in [1.29, 1.82) is 0 Å². The molecule has 242 valence electrons. The molecule has 1 unspecified atom stereocenters. The van der Waals surface area contributed by atoms with E-state index in [1.807, 2.05) is 0 Å². The molecular formula is C34H30FN3O8S. The maximum Gasteiger partial charge on any atom is 0.335 e. The molecule has 0 saturated carbocycles. The Hall–Kier alpha value is -5.56. The van der Waals surface area contributed by atoms with E-state index in [4.69, 9.17) is 13.9 Å². The fraction of sp³-hybridized carbons (Fsp3) is 0.176. The number of carboxylic acid groups (broad SMARTS) is 1. The number of fused-ring (bicyclic) bond motifs is 2. The first-order valence-corrected chi connectivity index (χ1v) is 16.1. The van der Waals surface area contributed by atoms with Crippen LogP contribution in [0.25, 0.3) is 33.4 Å². The van der Waals surface area contributed by atoms with Gasteiger partial charge in [0.2, 0.25) is 15.7 Å². The Bertz CT molecular complexity index is 2180. The van der Waals surface area contributed by atoms with Crippen LogP contribution in [-0.4, -0.2) is 45.3 Å². The average molecular weight is 660 g/mol. The number of methoxy groups -OCH3 is 1. The number of anilines is 2. The van der Waals surface area contributed by atoms with E-state index in [-0.39, 0.29) is 33.9 Å². The topological polar surface area (TPSA) is 156 Å². The summed E-state index contributed by atoms with van der Waals surface area (Å²) in [7, 11) is -0.801. The van der Waals surface area contributed by atoms with Gasteiger partial charge in [-0.15, -0.1) is 0 Å². The molecule has 1 aliphatic rings. The summed E-state index contributed by atoms with van der Waals surface area (Å²) in [4.78, 5) is 24.8. The molecule has 4 N–H and O–H groups in total. The number of aromatic carboxylic acids is 1. The number of carbonyl (C=O) groups is 2. The molecule has 0 aliphatic carbocycles. The molecule has 13 heteroatoms. The third-order valence-corrected chi connectivity index (χ3v) is 9.26. The number of carbonyl (C=O) groups excluding carboxylic acids is 1. The van der Waals surface area contributed by atoms with Gasteiger partial charge >= 0.3 is 5.97 Å². The number of amides is 1. The lowest BCUT2D eigenvalue weighted by Crippen LogP contribution is -2.33. The van der Waals surface area contributed by atoms with Crippen LogP contribution < -0.4 is 24.8 Å². The van der Waals surface area contributed by atoms with Crippen molar-refractivity contribution in [2.75, 3.05) is 29.9 Å². The molecule has 47 heavy (non-hydrogen) atoms. The first-order valence-electron chi connectivity index (χ1n) is 14.5. The monoisotopic (exact) mass is 659 g/mol. The highest BCUT2D eigenvalue weighted by molar-refractivity contribution is 7.92. The smallest absolute Gasteiger partial charge is 0.335 e. The van der Waals surface area contributed by atoms with Crippen LogP contribution >= 0.6 is 0 Å². The predicted molar refractivity (Wildman–Crippen MR) is 175 cm³/mol. The van der Waals surface area contributed by atoms with Crippen molar-refractivity contribution in [2.24, 2.45) is 0 Å². The van der Waals surface area contributed by atoms with E-state index in [0.717, 1.165) is 0 Å². The van der Waals surface area contributed by atoms with Crippen LogP contribution in [0.2, 0.25) is 0 Å². The number of halogens is 1. The second-order valence-corrected chi connectivity index (χ2v) is 13.0. The highest BCUT2D eigenvalue weighted by Gasteiger charge is 2.39. The second kappa shape index (κ2) is 11.7. The summed E-state index contributed by atoms with van der Waals surface area (Å²) in [6.07, 6.45) is 0. The summed E-state index contributed by atoms with van der Waals surface area (Å²) >= 11 is 0. The van der Waals surface area contributed by atoms with Crippen LogP contribution in [0.1, 0.15) is 40.1 Å². The number of benzene rings is 4.